The molecule has 1 heterocycles. The van der Waals surface area contributed by atoms with Crippen molar-refractivity contribution >= 4 is 39.2 Å². The number of hydrogen-bond acceptors (Lipinski definition) is 7. The second-order valence-corrected chi connectivity index (χ2v) is 11.1. The number of esters is 1. The molecule has 0 unspecified atom stereocenters. The van der Waals surface area contributed by atoms with Gasteiger partial charge in [0.05, 0.1) is 21.7 Å². The molecule has 0 fully saturated rings. The third-order valence-electron chi connectivity index (χ3n) is 7.00. The van der Waals surface area contributed by atoms with E-state index in [1.165, 1.54) is 25.7 Å². The molecule has 7 nitrogen and oxygen atoms in total. The van der Waals surface area contributed by atoms with Crippen LogP contribution < -0.4 is 0 Å². The molecule has 1 N–H and O–H groups in total. The number of carbonyl (C=O) groups excluding carboxylic acids is 4. The van der Waals surface area contributed by atoms with E-state index < -0.39 is 29.2 Å². The molecule has 1 aliphatic heterocycles. The van der Waals surface area contributed by atoms with Crippen molar-refractivity contribution in [2.75, 3.05) is 0 Å². The largest absolute Gasteiger partial charge is 0.463 e. The standard InChI is InChI=1S/C29H35BrO7/c1-6-7-8-9-10-16(2)11-18(4)28(35)37-29(5)26(33)21-15-36-23(14-20(21)25(30)27(29)34)24-17(3)12-19(31)13-22(24)32/h11,14-16,19,31H,6-10,12-13H2,1-5H3/b18-11+/t16-,19+,29+/m0/s1. The molecule has 0 aromatic rings. The highest BCUT2D eigenvalue weighted by Gasteiger charge is 2.52. The van der Waals surface area contributed by atoms with E-state index in [0.29, 0.717) is 23.1 Å². The minimum absolute atomic E-state index is 0.0275. The summed E-state index contributed by atoms with van der Waals surface area (Å²) in [5.41, 5.74) is -0.392. The van der Waals surface area contributed by atoms with Crippen LogP contribution in [0.4, 0.5) is 0 Å². The lowest BCUT2D eigenvalue weighted by atomic mass is 9.79. The number of carbonyl (C=O) groups is 4. The van der Waals surface area contributed by atoms with Gasteiger partial charge in [-0.1, -0.05) is 51.2 Å². The van der Waals surface area contributed by atoms with E-state index in [4.69, 9.17) is 9.47 Å². The predicted octanol–water partition coefficient (Wildman–Crippen LogP) is 5.48. The van der Waals surface area contributed by atoms with Gasteiger partial charge in [-0.15, -0.1) is 0 Å². The van der Waals surface area contributed by atoms with Gasteiger partial charge in [-0.3, -0.25) is 14.4 Å². The maximum atomic E-state index is 13.4. The molecule has 200 valence electrons. The van der Waals surface area contributed by atoms with E-state index in [0.717, 1.165) is 25.7 Å². The average Bonchev–Trinajstić information content (AvgIpc) is 2.83. The molecule has 0 saturated carbocycles. The fraction of sp³-hybridized carbons (Fsp3) is 0.517. The van der Waals surface area contributed by atoms with Gasteiger partial charge in [0, 0.05) is 17.6 Å². The number of halogens is 1. The zero-order valence-corrected chi connectivity index (χ0v) is 23.7. The van der Waals surface area contributed by atoms with Crippen molar-refractivity contribution in [3.05, 3.63) is 56.5 Å². The van der Waals surface area contributed by atoms with Crippen molar-refractivity contribution in [3.8, 4) is 0 Å². The van der Waals surface area contributed by atoms with Crippen LogP contribution in [0.1, 0.15) is 79.6 Å². The van der Waals surface area contributed by atoms with Crippen molar-refractivity contribution in [1.29, 1.82) is 0 Å². The summed E-state index contributed by atoms with van der Waals surface area (Å²) in [6.45, 7) is 8.82. The van der Waals surface area contributed by atoms with Crippen LogP contribution in [0.5, 0.6) is 0 Å². The summed E-state index contributed by atoms with van der Waals surface area (Å²) in [4.78, 5) is 52.2. The molecule has 37 heavy (non-hydrogen) atoms. The van der Waals surface area contributed by atoms with Gasteiger partial charge in [-0.25, -0.2) is 4.79 Å². The van der Waals surface area contributed by atoms with E-state index in [2.05, 4.69) is 22.9 Å². The topological polar surface area (TPSA) is 107 Å². The van der Waals surface area contributed by atoms with Crippen LogP contribution in [0.15, 0.2) is 56.5 Å². The van der Waals surface area contributed by atoms with Crippen LogP contribution in [-0.2, 0) is 28.7 Å². The van der Waals surface area contributed by atoms with E-state index in [1.807, 2.05) is 13.0 Å². The highest BCUT2D eigenvalue weighted by atomic mass is 79.9. The lowest BCUT2D eigenvalue weighted by molar-refractivity contribution is -0.165. The molecule has 0 bridgehead atoms. The molecule has 0 spiro atoms. The van der Waals surface area contributed by atoms with E-state index in [-0.39, 0.29) is 39.5 Å². The maximum Gasteiger partial charge on any atom is 0.334 e. The summed E-state index contributed by atoms with van der Waals surface area (Å²) in [5, 5.41) is 9.86. The van der Waals surface area contributed by atoms with Crippen molar-refractivity contribution in [1.82, 2.24) is 0 Å². The molecule has 0 aromatic heterocycles. The Morgan fingerprint density at radius 2 is 1.95 bits per heavy atom. The number of aliphatic hydroxyl groups is 1. The summed E-state index contributed by atoms with van der Waals surface area (Å²) >= 11 is 3.29. The van der Waals surface area contributed by atoms with Crippen molar-refractivity contribution in [2.45, 2.75) is 91.3 Å². The summed E-state index contributed by atoms with van der Waals surface area (Å²) in [5.74, 6) is -2.02. The first-order chi connectivity index (χ1) is 17.4. The quantitative estimate of drug-likeness (QED) is 0.168. The minimum Gasteiger partial charge on any atom is -0.463 e. The van der Waals surface area contributed by atoms with Gasteiger partial charge in [-0.05, 0) is 61.5 Å². The van der Waals surface area contributed by atoms with Crippen molar-refractivity contribution < 1.29 is 33.8 Å². The predicted molar refractivity (Wildman–Crippen MR) is 142 cm³/mol. The highest BCUT2D eigenvalue weighted by molar-refractivity contribution is 9.12. The van der Waals surface area contributed by atoms with Crippen molar-refractivity contribution in [3.63, 3.8) is 0 Å². The Hall–Kier alpha value is -2.58. The molecule has 3 atom stereocenters. The Morgan fingerprint density at radius 3 is 2.59 bits per heavy atom. The maximum absolute atomic E-state index is 13.4. The van der Waals surface area contributed by atoms with E-state index >= 15 is 0 Å². The molecule has 0 radical (unpaired) electrons. The van der Waals surface area contributed by atoms with Crippen LogP contribution in [0.2, 0.25) is 0 Å². The lowest BCUT2D eigenvalue weighted by Gasteiger charge is -2.33. The van der Waals surface area contributed by atoms with Gasteiger partial charge in [0.25, 0.3) is 0 Å². The Morgan fingerprint density at radius 1 is 1.24 bits per heavy atom. The van der Waals surface area contributed by atoms with Crippen LogP contribution in [0, 0.1) is 5.92 Å². The number of ketones is 3. The fourth-order valence-corrected chi connectivity index (χ4v) is 5.57. The number of allylic oxidation sites excluding steroid dienone is 4. The third-order valence-corrected chi connectivity index (χ3v) is 7.78. The lowest BCUT2D eigenvalue weighted by Crippen LogP contribution is -2.51. The number of Topliss-reactive ketones (excluding diaryl/α,β-unsaturated/α-hetero) is 3. The minimum atomic E-state index is -2.06. The van der Waals surface area contributed by atoms with E-state index in [9.17, 15) is 24.3 Å². The van der Waals surface area contributed by atoms with Crippen LogP contribution in [0.3, 0.4) is 0 Å². The summed E-state index contributed by atoms with van der Waals surface area (Å²) in [6.07, 6.45) is 9.51. The first-order valence-electron chi connectivity index (χ1n) is 12.8. The summed E-state index contributed by atoms with van der Waals surface area (Å²) < 4.78 is 11.3. The third kappa shape index (κ3) is 6.12. The Kier molecular flexibility index (Phi) is 9.29. The van der Waals surface area contributed by atoms with Gasteiger partial charge in [-0.2, -0.15) is 0 Å². The average molecular weight is 575 g/mol. The molecular weight excluding hydrogens is 540 g/mol. The number of aliphatic hydroxyl groups excluding tert-OH is 1. The Labute approximate surface area is 226 Å². The molecule has 8 heteroatoms. The highest BCUT2D eigenvalue weighted by Crippen LogP contribution is 2.41. The SMILES string of the molecule is CCCCCC[C@H](C)/C=C(\C)C(=O)O[C@]1(C)C(=O)C2=COC(C3=C(C)C[C@@H](O)CC3=O)=CC2=C(Br)C1=O. The molecule has 0 saturated heterocycles. The molecular formula is C29H35BrO7. The molecule has 0 amide bonds. The number of fused-ring (bicyclic) bond motifs is 1. The number of ether oxygens (including phenoxy) is 2. The van der Waals surface area contributed by atoms with Gasteiger partial charge in [0.2, 0.25) is 17.2 Å². The number of unbranched alkanes of at least 4 members (excludes halogenated alkanes) is 3. The first kappa shape index (κ1) is 29.0. The van der Waals surface area contributed by atoms with Crippen LogP contribution in [0.25, 0.3) is 0 Å². The molecule has 3 rings (SSSR count). The molecule has 2 aliphatic carbocycles. The molecule has 3 aliphatic rings. The van der Waals surface area contributed by atoms with Gasteiger partial charge >= 0.3 is 5.97 Å². The Bertz CT molecular complexity index is 1170. The van der Waals surface area contributed by atoms with Crippen LogP contribution in [-0.4, -0.2) is 40.1 Å². The monoisotopic (exact) mass is 574 g/mol. The zero-order valence-electron chi connectivity index (χ0n) is 22.1. The Balaban J connectivity index is 1.83. The fourth-order valence-electron chi connectivity index (χ4n) is 4.87. The van der Waals surface area contributed by atoms with Gasteiger partial charge in [0.15, 0.2) is 5.78 Å². The second-order valence-electron chi connectivity index (χ2n) is 10.3. The normalized spacial score (nSPS) is 25.4. The van der Waals surface area contributed by atoms with Crippen LogP contribution >= 0.6 is 15.9 Å². The van der Waals surface area contributed by atoms with Gasteiger partial charge < -0.3 is 14.6 Å². The second kappa shape index (κ2) is 11.9. The van der Waals surface area contributed by atoms with Gasteiger partial charge in [0.1, 0.15) is 12.0 Å². The zero-order chi connectivity index (χ0) is 27.5. The summed E-state index contributed by atoms with van der Waals surface area (Å²) in [7, 11) is 0. The summed E-state index contributed by atoms with van der Waals surface area (Å²) in [6, 6.07) is 0. The van der Waals surface area contributed by atoms with E-state index in [1.54, 1.807) is 13.8 Å². The smallest absolute Gasteiger partial charge is 0.334 e. The molecule has 0 aromatic carbocycles. The number of rotatable bonds is 9. The van der Waals surface area contributed by atoms with Crippen molar-refractivity contribution in [2.24, 2.45) is 5.92 Å². The first-order valence-corrected chi connectivity index (χ1v) is 13.6. The number of hydrogen-bond donors (Lipinski definition) is 1.